The van der Waals surface area contributed by atoms with E-state index in [9.17, 15) is 19.3 Å². The Labute approximate surface area is 115 Å². The molecule has 0 bridgehead atoms. The number of carbonyl (C=O) groups is 1. The van der Waals surface area contributed by atoms with Crippen LogP contribution in [0.15, 0.2) is 18.2 Å². The van der Waals surface area contributed by atoms with Crippen molar-refractivity contribution in [3.63, 3.8) is 0 Å². The van der Waals surface area contributed by atoms with Crippen LogP contribution in [0.3, 0.4) is 0 Å². The number of hydrogen-bond donors (Lipinski definition) is 1. The number of halogens is 1. The van der Waals surface area contributed by atoms with Gasteiger partial charge < -0.3 is 10.2 Å². The highest BCUT2D eigenvalue weighted by atomic mass is 19.1. The molecule has 0 aromatic heterocycles. The molecule has 1 amide bonds. The molecule has 0 spiro atoms. The van der Waals surface area contributed by atoms with Crippen LogP contribution in [-0.2, 0) is 0 Å². The molecule has 0 radical (unpaired) electrons. The van der Waals surface area contributed by atoms with Gasteiger partial charge in [-0.2, -0.15) is 4.39 Å². The maximum absolute atomic E-state index is 13.5. The number of hydrogen-bond acceptors (Lipinski definition) is 4. The van der Waals surface area contributed by atoms with E-state index < -0.39 is 22.3 Å². The number of nitrogens with zero attached hydrogens (tertiary/aromatic N) is 2. The Hall–Kier alpha value is -2.02. The molecule has 1 aromatic carbocycles. The molecule has 1 aliphatic rings. The number of piperidine rings is 1. The fraction of sp³-hybridized carbons (Fsp3) is 0.462. The lowest BCUT2D eigenvalue weighted by molar-refractivity contribution is -0.387. The Bertz CT molecular complexity index is 528. The summed E-state index contributed by atoms with van der Waals surface area (Å²) in [7, 11) is 2.02. The molecule has 0 atom stereocenters. The minimum atomic E-state index is -0.994. The van der Waals surface area contributed by atoms with Crippen molar-refractivity contribution in [1.82, 2.24) is 10.2 Å². The highest BCUT2D eigenvalue weighted by molar-refractivity contribution is 5.94. The van der Waals surface area contributed by atoms with Crippen LogP contribution in [0.25, 0.3) is 0 Å². The maximum atomic E-state index is 13.5. The monoisotopic (exact) mass is 281 g/mol. The van der Waals surface area contributed by atoms with Crippen molar-refractivity contribution >= 4 is 11.6 Å². The van der Waals surface area contributed by atoms with E-state index in [-0.39, 0.29) is 11.6 Å². The minimum Gasteiger partial charge on any atom is -0.349 e. The molecule has 2 rings (SSSR count). The zero-order valence-electron chi connectivity index (χ0n) is 11.1. The summed E-state index contributed by atoms with van der Waals surface area (Å²) in [4.78, 5) is 23.8. The van der Waals surface area contributed by atoms with Crippen molar-refractivity contribution in [2.24, 2.45) is 0 Å². The van der Waals surface area contributed by atoms with Crippen LogP contribution in [0, 0.1) is 15.9 Å². The van der Waals surface area contributed by atoms with Crippen LogP contribution in [0.1, 0.15) is 23.2 Å². The van der Waals surface area contributed by atoms with Gasteiger partial charge in [-0.3, -0.25) is 14.9 Å². The number of carbonyl (C=O) groups excluding carboxylic acids is 1. The molecule has 1 aliphatic heterocycles. The van der Waals surface area contributed by atoms with E-state index in [0.717, 1.165) is 38.1 Å². The van der Waals surface area contributed by atoms with E-state index in [2.05, 4.69) is 10.2 Å². The molecule has 108 valence electrons. The third kappa shape index (κ3) is 3.30. The number of nitrogens with one attached hydrogen (secondary N) is 1. The molecule has 1 N–H and O–H groups in total. The van der Waals surface area contributed by atoms with Crippen LogP contribution >= 0.6 is 0 Å². The standard InChI is InChI=1S/C13H16FN3O3/c1-16-6-4-10(5-7-16)15-13(18)9-2-3-12(17(19)20)11(14)8-9/h2-3,8,10H,4-7H2,1H3,(H,15,18). The molecule has 1 saturated heterocycles. The summed E-state index contributed by atoms with van der Waals surface area (Å²) in [6, 6.07) is 3.25. The summed E-state index contributed by atoms with van der Waals surface area (Å²) in [5.74, 6) is -1.39. The predicted molar refractivity (Wildman–Crippen MR) is 71.0 cm³/mol. The van der Waals surface area contributed by atoms with Gasteiger partial charge in [0, 0.05) is 17.7 Å². The van der Waals surface area contributed by atoms with Gasteiger partial charge in [0.2, 0.25) is 5.82 Å². The number of benzene rings is 1. The summed E-state index contributed by atoms with van der Waals surface area (Å²) < 4.78 is 13.5. The largest absolute Gasteiger partial charge is 0.349 e. The molecule has 0 aliphatic carbocycles. The van der Waals surface area contributed by atoms with Gasteiger partial charge in [0.05, 0.1) is 4.92 Å². The quantitative estimate of drug-likeness (QED) is 0.674. The summed E-state index contributed by atoms with van der Waals surface area (Å²) in [6.45, 7) is 1.80. The number of amides is 1. The molecule has 0 unspecified atom stereocenters. The Morgan fingerprint density at radius 3 is 2.65 bits per heavy atom. The highest BCUT2D eigenvalue weighted by Crippen LogP contribution is 2.18. The first-order chi connectivity index (χ1) is 9.47. The molecule has 1 aromatic rings. The van der Waals surface area contributed by atoms with E-state index in [4.69, 9.17) is 0 Å². The lowest BCUT2D eigenvalue weighted by Crippen LogP contribution is -2.43. The smallest absolute Gasteiger partial charge is 0.304 e. The van der Waals surface area contributed by atoms with E-state index >= 15 is 0 Å². The Morgan fingerprint density at radius 1 is 1.45 bits per heavy atom. The van der Waals surface area contributed by atoms with E-state index in [0.29, 0.717) is 0 Å². The van der Waals surface area contributed by atoms with Gasteiger partial charge in [0.1, 0.15) is 0 Å². The third-order valence-electron chi connectivity index (χ3n) is 3.46. The van der Waals surface area contributed by atoms with E-state index in [1.165, 1.54) is 6.07 Å². The molecule has 1 heterocycles. The van der Waals surface area contributed by atoms with Crippen LogP contribution in [0.2, 0.25) is 0 Å². The van der Waals surface area contributed by atoms with Crippen molar-refractivity contribution in [2.45, 2.75) is 18.9 Å². The van der Waals surface area contributed by atoms with Gasteiger partial charge in [-0.15, -0.1) is 0 Å². The zero-order valence-corrected chi connectivity index (χ0v) is 11.1. The second-order valence-corrected chi connectivity index (χ2v) is 4.97. The van der Waals surface area contributed by atoms with Crippen LogP contribution in [0.5, 0.6) is 0 Å². The normalized spacial score (nSPS) is 16.9. The Balaban J connectivity index is 2.02. The van der Waals surface area contributed by atoms with Crippen molar-refractivity contribution in [3.05, 3.63) is 39.7 Å². The van der Waals surface area contributed by atoms with Gasteiger partial charge in [-0.25, -0.2) is 0 Å². The van der Waals surface area contributed by atoms with Crippen molar-refractivity contribution in [1.29, 1.82) is 0 Å². The molecule has 20 heavy (non-hydrogen) atoms. The molecule has 0 saturated carbocycles. The fourth-order valence-electron chi connectivity index (χ4n) is 2.22. The van der Waals surface area contributed by atoms with Gasteiger partial charge >= 0.3 is 5.69 Å². The molecular weight excluding hydrogens is 265 g/mol. The molecule has 6 nitrogen and oxygen atoms in total. The van der Waals surface area contributed by atoms with Gasteiger partial charge in [-0.1, -0.05) is 0 Å². The Kier molecular flexibility index (Phi) is 4.29. The van der Waals surface area contributed by atoms with Crippen LogP contribution < -0.4 is 5.32 Å². The number of nitro benzene ring substituents is 1. The third-order valence-corrected chi connectivity index (χ3v) is 3.46. The van der Waals surface area contributed by atoms with Crippen LogP contribution in [0.4, 0.5) is 10.1 Å². The first-order valence-corrected chi connectivity index (χ1v) is 6.40. The average molecular weight is 281 g/mol. The van der Waals surface area contributed by atoms with E-state index in [1.807, 2.05) is 7.05 Å². The second kappa shape index (κ2) is 5.96. The number of rotatable bonds is 3. The van der Waals surface area contributed by atoms with Gasteiger partial charge in [0.15, 0.2) is 0 Å². The SMILES string of the molecule is CN1CCC(NC(=O)c2ccc([N+](=O)[O-])c(F)c2)CC1. The zero-order chi connectivity index (χ0) is 14.7. The number of likely N-dealkylation sites (tertiary alicyclic amines) is 1. The highest BCUT2D eigenvalue weighted by Gasteiger charge is 2.21. The fourth-order valence-corrected chi connectivity index (χ4v) is 2.22. The van der Waals surface area contributed by atoms with Crippen molar-refractivity contribution < 1.29 is 14.1 Å². The summed E-state index contributed by atoms with van der Waals surface area (Å²) in [5.41, 5.74) is -0.520. The average Bonchev–Trinajstić information content (AvgIpc) is 2.40. The Morgan fingerprint density at radius 2 is 2.10 bits per heavy atom. The predicted octanol–water partition coefficient (Wildman–Crippen LogP) is 1.56. The van der Waals surface area contributed by atoms with Crippen molar-refractivity contribution in [2.75, 3.05) is 20.1 Å². The lowest BCUT2D eigenvalue weighted by Gasteiger charge is -2.29. The first kappa shape index (κ1) is 14.4. The van der Waals surface area contributed by atoms with E-state index in [1.54, 1.807) is 0 Å². The minimum absolute atomic E-state index is 0.0666. The number of nitro groups is 1. The second-order valence-electron chi connectivity index (χ2n) is 4.97. The molecule has 7 heteroatoms. The van der Waals surface area contributed by atoms with Gasteiger partial charge in [0.25, 0.3) is 5.91 Å². The first-order valence-electron chi connectivity index (χ1n) is 6.40. The summed E-state index contributed by atoms with van der Waals surface area (Å²) >= 11 is 0. The topological polar surface area (TPSA) is 75.5 Å². The summed E-state index contributed by atoms with van der Waals surface area (Å²) in [5, 5.41) is 13.3. The van der Waals surface area contributed by atoms with Gasteiger partial charge in [-0.05, 0) is 45.1 Å². The van der Waals surface area contributed by atoms with Crippen LogP contribution in [-0.4, -0.2) is 41.9 Å². The van der Waals surface area contributed by atoms with Crippen molar-refractivity contribution in [3.8, 4) is 0 Å². The molecule has 1 fully saturated rings. The summed E-state index contributed by atoms with van der Waals surface area (Å²) in [6.07, 6.45) is 1.69. The molecular formula is C13H16FN3O3. The maximum Gasteiger partial charge on any atom is 0.304 e. The lowest BCUT2D eigenvalue weighted by atomic mass is 10.0.